The maximum atomic E-state index is 12.9. The zero-order chi connectivity index (χ0) is 24.4. The van der Waals surface area contributed by atoms with Crippen molar-refractivity contribution in [2.24, 2.45) is 0 Å². The van der Waals surface area contributed by atoms with Gasteiger partial charge in [0.2, 0.25) is 5.75 Å². The first-order valence-corrected chi connectivity index (χ1v) is 10.6. The van der Waals surface area contributed by atoms with E-state index in [9.17, 15) is 26.4 Å². The van der Waals surface area contributed by atoms with E-state index in [0.29, 0.717) is 28.9 Å². The summed E-state index contributed by atoms with van der Waals surface area (Å²) in [5.41, 5.74) is -0.699. The monoisotopic (exact) mass is 485 g/mol. The topological polar surface area (TPSA) is 120 Å². The molecule has 9 nitrogen and oxygen atoms in total. The van der Waals surface area contributed by atoms with Gasteiger partial charge < -0.3 is 14.2 Å². The number of sulfonamides is 1. The van der Waals surface area contributed by atoms with Crippen LogP contribution < -0.4 is 18.9 Å². The quantitative estimate of drug-likeness (QED) is 0.527. The van der Waals surface area contributed by atoms with Gasteiger partial charge in [-0.05, 0) is 36.4 Å². The fourth-order valence-corrected chi connectivity index (χ4v) is 3.90. The molecule has 0 atom stereocenters. The normalized spacial score (nSPS) is 11.7. The maximum absolute atomic E-state index is 12.9. The molecule has 2 N–H and O–H groups in total. The van der Waals surface area contributed by atoms with Crippen molar-refractivity contribution >= 4 is 15.9 Å². The molecule has 3 aromatic rings. The fourth-order valence-electron chi connectivity index (χ4n) is 2.89. The number of benzene rings is 2. The molecule has 0 unspecified atom stereocenters. The minimum atomic E-state index is -4.74. The Morgan fingerprint density at radius 1 is 1.00 bits per heavy atom. The fraction of sp³-hybridized carbons (Fsp3) is 0.200. The van der Waals surface area contributed by atoms with Crippen LogP contribution in [0.4, 0.5) is 13.2 Å². The van der Waals surface area contributed by atoms with E-state index in [-0.39, 0.29) is 11.4 Å². The van der Waals surface area contributed by atoms with Crippen molar-refractivity contribution in [3.05, 3.63) is 53.7 Å². The van der Waals surface area contributed by atoms with E-state index in [1.165, 1.54) is 27.4 Å². The Hall–Kier alpha value is -3.74. The number of rotatable bonds is 7. The SMILES string of the molecule is COc1cc(-c2cc(C(=O)NS(=O)(=O)c3cccc(C(F)(F)F)c3)[nH]n2)cc(OC)c1OC. The van der Waals surface area contributed by atoms with Crippen LogP contribution in [-0.2, 0) is 16.2 Å². The van der Waals surface area contributed by atoms with E-state index in [2.05, 4.69) is 10.2 Å². The van der Waals surface area contributed by atoms with Crippen LogP contribution in [0.25, 0.3) is 11.3 Å². The van der Waals surface area contributed by atoms with Gasteiger partial charge in [-0.3, -0.25) is 9.89 Å². The maximum Gasteiger partial charge on any atom is 0.416 e. The Labute approximate surface area is 186 Å². The van der Waals surface area contributed by atoms with Crippen LogP contribution in [0, 0.1) is 0 Å². The van der Waals surface area contributed by atoms with Crippen LogP contribution in [0.3, 0.4) is 0 Å². The van der Waals surface area contributed by atoms with Gasteiger partial charge in [-0.2, -0.15) is 18.3 Å². The molecular weight excluding hydrogens is 467 g/mol. The number of ether oxygens (including phenoxy) is 3. The van der Waals surface area contributed by atoms with Gasteiger partial charge in [0.1, 0.15) is 5.69 Å². The summed E-state index contributed by atoms with van der Waals surface area (Å²) in [4.78, 5) is 11.7. The predicted molar refractivity (Wildman–Crippen MR) is 110 cm³/mol. The number of alkyl halides is 3. The second-order valence-corrected chi connectivity index (χ2v) is 8.22. The third kappa shape index (κ3) is 5.03. The van der Waals surface area contributed by atoms with Gasteiger partial charge in [0.15, 0.2) is 11.5 Å². The smallest absolute Gasteiger partial charge is 0.416 e. The van der Waals surface area contributed by atoms with E-state index in [1.807, 2.05) is 0 Å². The molecule has 13 heteroatoms. The first-order valence-electron chi connectivity index (χ1n) is 9.10. The summed E-state index contributed by atoms with van der Waals surface area (Å²) in [6, 6.07) is 7.43. The number of nitrogens with zero attached hydrogens (tertiary/aromatic N) is 1. The number of carbonyl (C=O) groups excluding carboxylic acids is 1. The van der Waals surface area contributed by atoms with Crippen LogP contribution in [0.15, 0.2) is 47.4 Å². The summed E-state index contributed by atoms with van der Waals surface area (Å²) in [6.45, 7) is 0. The van der Waals surface area contributed by atoms with Crippen molar-refractivity contribution in [1.29, 1.82) is 0 Å². The average Bonchev–Trinajstić information content (AvgIpc) is 3.28. The van der Waals surface area contributed by atoms with E-state index < -0.39 is 32.6 Å². The van der Waals surface area contributed by atoms with E-state index in [0.717, 1.165) is 18.2 Å². The number of nitrogens with one attached hydrogen (secondary N) is 2. The number of methoxy groups -OCH3 is 3. The van der Waals surface area contributed by atoms with Gasteiger partial charge in [0, 0.05) is 5.56 Å². The zero-order valence-corrected chi connectivity index (χ0v) is 18.3. The molecule has 33 heavy (non-hydrogen) atoms. The first-order chi connectivity index (χ1) is 15.5. The van der Waals surface area contributed by atoms with Crippen molar-refractivity contribution in [3.8, 4) is 28.5 Å². The summed E-state index contributed by atoms with van der Waals surface area (Å²) in [6.07, 6.45) is -4.74. The first kappa shape index (κ1) is 23.9. The second kappa shape index (κ2) is 9.02. The van der Waals surface area contributed by atoms with Crippen molar-refractivity contribution < 1.29 is 40.6 Å². The number of halogens is 3. The number of H-pyrrole nitrogens is 1. The molecule has 1 amide bonds. The van der Waals surface area contributed by atoms with Gasteiger partial charge in [-0.15, -0.1) is 0 Å². The summed E-state index contributed by atoms with van der Waals surface area (Å²) < 4.78 is 81.0. The summed E-state index contributed by atoms with van der Waals surface area (Å²) in [5.74, 6) is -0.121. The third-order valence-corrected chi connectivity index (χ3v) is 5.81. The van der Waals surface area contributed by atoms with Crippen LogP contribution in [0.5, 0.6) is 17.2 Å². The minimum absolute atomic E-state index is 0.241. The molecule has 1 aromatic heterocycles. The highest BCUT2D eigenvalue weighted by Gasteiger charge is 2.32. The molecule has 0 fully saturated rings. The molecule has 0 aliphatic carbocycles. The molecule has 0 saturated heterocycles. The summed E-state index contributed by atoms with van der Waals surface area (Å²) >= 11 is 0. The Morgan fingerprint density at radius 3 is 2.18 bits per heavy atom. The Balaban J connectivity index is 1.88. The molecule has 0 spiro atoms. The van der Waals surface area contributed by atoms with Crippen molar-refractivity contribution in [2.75, 3.05) is 21.3 Å². The molecular formula is C20H18F3N3O6S. The molecule has 0 aliphatic heterocycles. The molecule has 0 radical (unpaired) electrons. The van der Waals surface area contributed by atoms with Crippen LogP contribution in [0.1, 0.15) is 16.1 Å². The largest absolute Gasteiger partial charge is 0.493 e. The van der Waals surface area contributed by atoms with E-state index in [4.69, 9.17) is 14.2 Å². The standard InChI is InChI=1S/C20H18F3N3O6S/c1-30-16-7-11(8-17(31-2)18(16)32-3)14-10-15(25-24-14)19(27)26-33(28,29)13-6-4-5-12(9-13)20(21,22)23/h4-10H,1-3H3,(H,24,25)(H,26,27). The number of carbonyl (C=O) groups is 1. The van der Waals surface area contributed by atoms with E-state index in [1.54, 1.807) is 16.9 Å². The Morgan fingerprint density at radius 2 is 1.64 bits per heavy atom. The predicted octanol–water partition coefficient (Wildman–Crippen LogP) is 3.24. The molecule has 176 valence electrons. The van der Waals surface area contributed by atoms with E-state index >= 15 is 0 Å². The number of aromatic nitrogens is 2. The molecule has 3 rings (SSSR count). The van der Waals surface area contributed by atoms with Gasteiger partial charge in [-0.25, -0.2) is 13.1 Å². The van der Waals surface area contributed by atoms with Crippen molar-refractivity contribution in [1.82, 2.24) is 14.9 Å². The second-order valence-electron chi connectivity index (χ2n) is 6.54. The molecule has 2 aromatic carbocycles. The highest BCUT2D eigenvalue weighted by atomic mass is 32.2. The van der Waals surface area contributed by atoms with Crippen molar-refractivity contribution in [3.63, 3.8) is 0 Å². The lowest BCUT2D eigenvalue weighted by Gasteiger charge is -2.13. The zero-order valence-electron chi connectivity index (χ0n) is 17.5. The van der Waals surface area contributed by atoms with Crippen LogP contribution in [-0.4, -0.2) is 45.9 Å². The Kier molecular flexibility index (Phi) is 6.53. The molecule has 0 saturated carbocycles. The van der Waals surface area contributed by atoms with Gasteiger partial charge >= 0.3 is 6.18 Å². The summed E-state index contributed by atoms with van der Waals surface area (Å²) in [5, 5.41) is 6.38. The number of hydrogen-bond acceptors (Lipinski definition) is 7. The molecule has 0 bridgehead atoms. The van der Waals surface area contributed by atoms with Crippen LogP contribution in [0.2, 0.25) is 0 Å². The summed E-state index contributed by atoms with van der Waals surface area (Å²) in [7, 11) is -0.308. The molecule has 0 aliphatic rings. The van der Waals surface area contributed by atoms with Gasteiger partial charge in [-0.1, -0.05) is 6.07 Å². The number of hydrogen-bond donors (Lipinski definition) is 2. The van der Waals surface area contributed by atoms with Crippen LogP contribution >= 0.6 is 0 Å². The average molecular weight is 485 g/mol. The third-order valence-electron chi connectivity index (χ3n) is 4.48. The number of aromatic amines is 1. The number of amides is 1. The van der Waals surface area contributed by atoms with Crippen molar-refractivity contribution in [2.45, 2.75) is 11.1 Å². The minimum Gasteiger partial charge on any atom is -0.493 e. The highest BCUT2D eigenvalue weighted by molar-refractivity contribution is 7.90. The lowest BCUT2D eigenvalue weighted by Crippen LogP contribution is -2.31. The van der Waals surface area contributed by atoms with Gasteiger partial charge in [0.25, 0.3) is 15.9 Å². The lowest BCUT2D eigenvalue weighted by atomic mass is 10.1. The Bertz CT molecular complexity index is 1260. The highest BCUT2D eigenvalue weighted by Crippen LogP contribution is 2.40. The van der Waals surface area contributed by atoms with Gasteiger partial charge in [0.05, 0.1) is 37.5 Å². The molecule has 1 heterocycles. The lowest BCUT2D eigenvalue weighted by molar-refractivity contribution is -0.137.